The number of hydrogen-bond donors (Lipinski definition) is 2. The number of rotatable bonds is 3. The van der Waals surface area contributed by atoms with Gasteiger partial charge in [0, 0.05) is 16.7 Å². The summed E-state index contributed by atoms with van der Waals surface area (Å²) in [6.45, 7) is 0.160. The Morgan fingerprint density at radius 2 is 2.39 bits per heavy atom. The Hall–Kier alpha value is -1.63. The third-order valence-electron chi connectivity index (χ3n) is 2.83. The first kappa shape index (κ1) is 11.5. The highest BCUT2D eigenvalue weighted by Gasteiger charge is 2.24. The third-order valence-corrected chi connectivity index (χ3v) is 3.26. The van der Waals surface area contributed by atoms with E-state index < -0.39 is 0 Å². The van der Waals surface area contributed by atoms with Crippen LogP contribution < -0.4 is 11.1 Å². The minimum absolute atomic E-state index is 0.0479. The van der Waals surface area contributed by atoms with Crippen LogP contribution in [0.15, 0.2) is 16.7 Å². The van der Waals surface area contributed by atoms with Gasteiger partial charge in [-0.1, -0.05) is 0 Å². The molecule has 2 aromatic heterocycles. The molecule has 0 saturated heterocycles. The average Bonchev–Trinajstić information content (AvgIpc) is 3.05. The number of hydrogen-bond acceptors (Lipinski definition) is 4. The number of pyridine rings is 1. The Morgan fingerprint density at radius 3 is 3.11 bits per heavy atom. The Kier molecular flexibility index (Phi) is 2.70. The van der Waals surface area contributed by atoms with E-state index in [1.165, 1.54) is 0 Å². The molecule has 6 nitrogen and oxygen atoms in total. The Labute approximate surface area is 112 Å². The molecule has 2 aromatic rings. The summed E-state index contributed by atoms with van der Waals surface area (Å²) in [5.74, 6) is 0.259. The maximum absolute atomic E-state index is 11.8. The minimum atomic E-state index is -0.0479. The minimum Gasteiger partial charge on any atom is -0.369 e. The molecule has 18 heavy (non-hydrogen) atoms. The van der Waals surface area contributed by atoms with Gasteiger partial charge in [-0.15, -0.1) is 0 Å². The van der Waals surface area contributed by atoms with Crippen LogP contribution >= 0.6 is 15.9 Å². The molecule has 0 aliphatic heterocycles. The van der Waals surface area contributed by atoms with E-state index in [2.05, 4.69) is 31.2 Å². The number of fused-ring (bicyclic) bond motifs is 1. The molecule has 0 radical (unpaired) electrons. The van der Waals surface area contributed by atoms with Crippen LogP contribution in [0, 0.1) is 0 Å². The summed E-state index contributed by atoms with van der Waals surface area (Å²) < 4.78 is 2.46. The van der Waals surface area contributed by atoms with Crippen molar-refractivity contribution in [2.45, 2.75) is 25.4 Å². The molecule has 1 aliphatic carbocycles. The van der Waals surface area contributed by atoms with Gasteiger partial charge in [0.15, 0.2) is 5.65 Å². The molecule has 0 spiro atoms. The van der Waals surface area contributed by atoms with Gasteiger partial charge in [0.1, 0.15) is 12.1 Å². The zero-order valence-corrected chi connectivity index (χ0v) is 11.1. The number of nitrogens with zero attached hydrogens (tertiary/aromatic N) is 3. The summed E-state index contributed by atoms with van der Waals surface area (Å²) in [4.78, 5) is 20.2. The van der Waals surface area contributed by atoms with E-state index in [0.717, 1.165) is 17.3 Å². The van der Waals surface area contributed by atoms with Crippen molar-refractivity contribution >= 4 is 38.9 Å². The van der Waals surface area contributed by atoms with E-state index in [0.29, 0.717) is 23.2 Å². The first-order valence-electron chi connectivity index (χ1n) is 5.70. The lowest BCUT2D eigenvalue weighted by Crippen LogP contribution is -2.29. The number of carbonyl (C=O) groups excluding carboxylic acids is 1. The van der Waals surface area contributed by atoms with Gasteiger partial charge < -0.3 is 11.1 Å². The second-order valence-electron chi connectivity index (χ2n) is 4.39. The molecule has 2 heterocycles. The van der Waals surface area contributed by atoms with Crippen LogP contribution in [0.3, 0.4) is 0 Å². The molecule has 0 atom stereocenters. The highest BCUT2D eigenvalue weighted by Crippen LogP contribution is 2.21. The summed E-state index contributed by atoms with van der Waals surface area (Å²) in [5.41, 5.74) is 7.12. The lowest BCUT2D eigenvalue weighted by molar-refractivity contribution is -0.121. The summed E-state index contributed by atoms with van der Waals surface area (Å²) in [6, 6.07) is 2.17. The fourth-order valence-electron chi connectivity index (χ4n) is 1.80. The second kappa shape index (κ2) is 4.24. The molecule has 7 heteroatoms. The normalized spacial score (nSPS) is 14.9. The highest BCUT2D eigenvalue weighted by atomic mass is 79.9. The number of carbonyl (C=O) groups is 1. The van der Waals surface area contributed by atoms with E-state index in [4.69, 9.17) is 5.73 Å². The van der Waals surface area contributed by atoms with Gasteiger partial charge >= 0.3 is 0 Å². The molecule has 0 bridgehead atoms. The number of nitrogen functional groups attached to an aromatic ring is 1. The van der Waals surface area contributed by atoms with Crippen LogP contribution in [-0.4, -0.2) is 26.5 Å². The van der Waals surface area contributed by atoms with Gasteiger partial charge in [0.25, 0.3) is 0 Å². The number of amides is 1. The average molecular weight is 310 g/mol. The van der Waals surface area contributed by atoms with Crippen LogP contribution in [0.4, 0.5) is 5.95 Å². The molecule has 94 valence electrons. The molecular weight excluding hydrogens is 298 g/mol. The van der Waals surface area contributed by atoms with Crippen molar-refractivity contribution < 1.29 is 4.79 Å². The zero-order chi connectivity index (χ0) is 12.7. The van der Waals surface area contributed by atoms with Gasteiger partial charge in [0.05, 0.1) is 0 Å². The molecule has 1 fully saturated rings. The predicted octanol–water partition coefficient (Wildman–Crippen LogP) is 1.05. The molecule has 3 N–H and O–H groups in total. The topological polar surface area (TPSA) is 85.8 Å². The van der Waals surface area contributed by atoms with E-state index in [9.17, 15) is 4.79 Å². The van der Waals surface area contributed by atoms with Gasteiger partial charge in [0.2, 0.25) is 11.9 Å². The van der Waals surface area contributed by atoms with Crippen molar-refractivity contribution in [3.8, 4) is 0 Å². The third kappa shape index (κ3) is 2.17. The monoisotopic (exact) mass is 309 g/mol. The molecule has 1 aliphatic rings. The fraction of sp³-hybridized carbons (Fsp3) is 0.364. The molecule has 3 rings (SSSR count). The van der Waals surface area contributed by atoms with Crippen LogP contribution in [0.5, 0.6) is 0 Å². The standard InChI is InChI=1S/C11H12BrN5O/c12-6-3-8-10(14-4-6)17(11(13)16-8)5-9(18)15-7-1-2-7/h3-4,7H,1-2,5H2,(H2,13,16)(H,15,18). The number of nitrogens with two attached hydrogens (primary N) is 1. The number of nitrogens with one attached hydrogen (secondary N) is 1. The van der Waals surface area contributed by atoms with Crippen molar-refractivity contribution in [1.82, 2.24) is 19.9 Å². The largest absolute Gasteiger partial charge is 0.369 e. The molecule has 1 amide bonds. The SMILES string of the molecule is Nc1nc2cc(Br)cnc2n1CC(=O)NC1CC1. The van der Waals surface area contributed by atoms with Crippen molar-refractivity contribution in [2.75, 3.05) is 5.73 Å². The number of halogens is 1. The molecule has 0 unspecified atom stereocenters. The molecule has 0 aromatic carbocycles. The maximum atomic E-state index is 11.8. The lowest BCUT2D eigenvalue weighted by Gasteiger charge is -2.06. The first-order valence-corrected chi connectivity index (χ1v) is 6.49. The van der Waals surface area contributed by atoms with E-state index in [1.54, 1.807) is 10.8 Å². The van der Waals surface area contributed by atoms with Crippen LogP contribution in [-0.2, 0) is 11.3 Å². The van der Waals surface area contributed by atoms with Gasteiger partial charge in [-0.3, -0.25) is 9.36 Å². The van der Waals surface area contributed by atoms with Gasteiger partial charge in [-0.2, -0.15) is 0 Å². The Morgan fingerprint density at radius 1 is 1.61 bits per heavy atom. The quantitative estimate of drug-likeness (QED) is 0.887. The van der Waals surface area contributed by atoms with Crippen molar-refractivity contribution in [1.29, 1.82) is 0 Å². The van der Waals surface area contributed by atoms with Crippen molar-refractivity contribution in [3.63, 3.8) is 0 Å². The van der Waals surface area contributed by atoms with Gasteiger partial charge in [-0.25, -0.2) is 9.97 Å². The van der Waals surface area contributed by atoms with Crippen molar-refractivity contribution in [3.05, 3.63) is 16.7 Å². The lowest BCUT2D eigenvalue weighted by atomic mass is 10.4. The smallest absolute Gasteiger partial charge is 0.240 e. The molecule has 1 saturated carbocycles. The summed E-state index contributed by atoms with van der Waals surface area (Å²) in [5, 5.41) is 2.92. The number of anilines is 1. The van der Waals surface area contributed by atoms with Crippen LogP contribution in [0.25, 0.3) is 11.2 Å². The highest BCUT2D eigenvalue weighted by molar-refractivity contribution is 9.10. The first-order chi connectivity index (χ1) is 8.63. The van der Waals surface area contributed by atoms with Crippen LogP contribution in [0.1, 0.15) is 12.8 Å². The summed E-state index contributed by atoms with van der Waals surface area (Å²) in [7, 11) is 0. The Balaban J connectivity index is 1.90. The summed E-state index contributed by atoms with van der Waals surface area (Å²) >= 11 is 3.33. The number of aromatic nitrogens is 3. The predicted molar refractivity (Wildman–Crippen MR) is 70.8 cm³/mol. The van der Waals surface area contributed by atoms with Crippen LogP contribution in [0.2, 0.25) is 0 Å². The molecular formula is C11H12BrN5O. The maximum Gasteiger partial charge on any atom is 0.240 e. The van der Waals surface area contributed by atoms with Gasteiger partial charge in [-0.05, 0) is 34.8 Å². The van der Waals surface area contributed by atoms with E-state index in [-0.39, 0.29) is 12.5 Å². The number of imidazole rings is 1. The Bertz CT molecular complexity index is 619. The summed E-state index contributed by atoms with van der Waals surface area (Å²) in [6.07, 6.45) is 3.80. The fourth-order valence-corrected chi connectivity index (χ4v) is 2.12. The van der Waals surface area contributed by atoms with Crippen molar-refractivity contribution in [2.24, 2.45) is 0 Å². The van der Waals surface area contributed by atoms with E-state index in [1.807, 2.05) is 6.07 Å². The second-order valence-corrected chi connectivity index (χ2v) is 5.31. The zero-order valence-electron chi connectivity index (χ0n) is 9.56. The van der Waals surface area contributed by atoms with E-state index >= 15 is 0 Å².